The van der Waals surface area contributed by atoms with E-state index in [1.807, 2.05) is 19.9 Å². The molecule has 0 bridgehead atoms. The van der Waals surface area contributed by atoms with Gasteiger partial charge in [0.05, 0.1) is 18.2 Å². The molecule has 0 aliphatic heterocycles. The van der Waals surface area contributed by atoms with Gasteiger partial charge in [-0.2, -0.15) is 5.26 Å². The first-order valence-corrected chi connectivity index (χ1v) is 5.89. The van der Waals surface area contributed by atoms with Gasteiger partial charge in [0.2, 0.25) is 10.0 Å². The molecule has 1 atom stereocenters. The molecule has 1 unspecified atom stereocenters. The molecule has 0 aromatic heterocycles. The highest BCUT2D eigenvalue weighted by atomic mass is 32.2. The zero-order valence-electron chi connectivity index (χ0n) is 8.24. The van der Waals surface area contributed by atoms with Crippen LogP contribution in [-0.4, -0.2) is 20.2 Å². The van der Waals surface area contributed by atoms with Crippen LogP contribution in [0, 0.1) is 17.2 Å². The fourth-order valence-corrected chi connectivity index (χ4v) is 2.64. The van der Waals surface area contributed by atoms with Crippen LogP contribution in [0.15, 0.2) is 0 Å². The van der Waals surface area contributed by atoms with E-state index < -0.39 is 10.0 Å². The second-order valence-corrected chi connectivity index (χ2v) is 5.35. The minimum Gasteiger partial charge on any atom is -0.212 e. The fourth-order valence-electron chi connectivity index (χ4n) is 0.972. The summed E-state index contributed by atoms with van der Waals surface area (Å²) in [5, 5.41) is 8.33. The summed E-state index contributed by atoms with van der Waals surface area (Å²) < 4.78 is 25.0. The molecule has 0 aromatic rings. The smallest absolute Gasteiger partial charge is 0.212 e. The van der Waals surface area contributed by atoms with Crippen molar-refractivity contribution < 1.29 is 8.42 Å². The predicted molar refractivity (Wildman–Crippen MR) is 51.5 cm³/mol. The van der Waals surface area contributed by atoms with Crippen LogP contribution in [-0.2, 0) is 10.0 Å². The van der Waals surface area contributed by atoms with Gasteiger partial charge in [-0.1, -0.05) is 13.8 Å². The van der Waals surface area contributed by atoms with E-state index in [9.17, 15) is 8.42 Å². The molecule has 0 heterocycles. The molecule has 0 rings (SSSR count). The molecule has 0 spiro atoms. The third-order valence-corrected chi connectivity index (χ3v) is 3.20. The van der Waals surface area contributed by atoms with Gasteiger partial charge in [0.25, 0.3) is 0 Å². The van der Waals surface area contributed by atoms with Gasteiger partial charge in [-0.3, -0.25) is 0 Å². The fraction of sp³-hybridized carbons (Fsp3) is 0.875. The molecule has 0 saturated heterocycles. The molecule has 4 nitrogen and oxygen atoms in total. The van der Waals surface area contributed by atoms with Crippen molar-refractivity contribution in [1.82, 2.24) is 4.72 Å². The van der Waals surface area contributed by atoms with Gasteiger partial charge < -0.3 is 0 Å². The van der Waals surface area contributed by atoms with Crippen LogP contribution in [0.5, 0.6) is 0 Å². The first-order valence-electron chi connectivity index (χ1n) is 4.24. The van der Waals surface area contributed by atoms with E-state index in [0.29, 0.717) is 0 Å². The van der Waals surface area contributed by atoms with Crippen molar-refractivity contribution in [2.75, 3.05) is 5.75 Å². The highest BCUT2D eigenvalue weighted by Crippen LogP contribution is 2.00. The molecule has 0 aromatic carbocycles. The van der Waals surface area contributed by atoms with E-state index in [4.69, 9.17) is 5.26 Å². The zero-order chi connectivity index (χ0) is 10.5. The third kappa shape index (κ3) is 6.55. The normalized spacial score (nSPS) is 14.1. The third-order valence-electron chi connectivity index (χ3n) is 1.33. The molecule has 76 valence electrons. The van der Waals surface area contributed by atoms with Gasteiger partial charge >= 0.3 is 0 Å². The van der Waals surface area contributed by atoms with Crippen molar-refractivity contribution in [3.05, 3.63) is 0 Å². The standard InChI is InChI=1S/C8H16N2O2S/c1-7(2)6-13(11,12)10-8(3)4-5-9/h7-8,10H,4,6H2,1-3H3. The van der Waals surface area contributed by atoms with Gasteiger partial charge in [0.15, 0.2) is 0 Å². The summed E-state index contributed by atoms with van der Waals surface area (Å²) in [5.74, 6) is 0.217. The van der Waals surface area contributed by atoms with Crippen molar-refractivity contribution in [3.8, 4) is 6.07 Å². The molecule has 0 aliphatic carbocycles. The van der Waals surface area contributed by atoms with Gasteiger partial charge in [-0.25, -0.2) is 13.1 Å². The summed E-state index contributed by atoms with van der Waals surface area (Å²) in [5.41, 5.74) is 0. The second-order valence-electron chi connectivity index (χ2n) is 3.56. The van der Waals surface area contributed by atoms with Crippen molar-refractivity contribution >= 4 is 10.0 Å². The summed E-state index contributed by atoms with van der Waals surface area (Å²) >= 11 is 0. The van der Waals surface area contributed by atoms with E-state index in [2.05, 4.69) is 4.72 Å². The first-order chi connectivity index (χ1) is 5.87. The number of hydrogen-bond acceptors (Lipinski definition) is 3. The lowest BCUT2D eigenvalue weighted by molar-refractivity contribution is 0.551. The maximum atomic E-state index is 11.3. The molecule has 0 fully saturated rings. The molecule has 0 radical (unpaired) electrons. The average molecular weight is 204 g/mol. The summed E-state index contributed by atoms with van der Waals surface area (Å²) in [6, 6.07) is 1.62. The molecular weight excluding hydrogens is 188 g/mol. The van der Waals surface area contributed by atoms with Crippen LogP contribution in [0.4, 0.5) is 0 Å². The Morgan fingerprint density at radius 1 is 1.38 bits per heavy atom. The first kappa shape index (κ1) is 12.4. The number of rotatable bonds is 5. The molecule has 0 saturated carbocycles. The van der Waals surface area contributed by atoms with Crippen molar-refractivity contribution in [3.63, 3.8) is 0 Å². The Morgan fingerprint density at radius 2 is 1.92 bits per heavy atom. The Morgan fingerprint density at radius 3 is 2.31 bits per heavy atom. The quantitative estimate of drug-likeness (QED) is 0.722. The number of nitrogens with zero attached hydrogens (tertiary/aromatic N) is 1. The van der Waals surface area contributed by atoms with E-state index in [1.165, 1.54) is 0 Å². The minimum atomic E-state index is -3.20. The predicted octanol–water partition coefficient (Wildman–Crippen LogP) is 0.864. The maximum absolute atomic E-state index is 11.3. The molecule has 5 heteroatoms. The molecule has 1 N–H and O–H groups in total. The van der Waals surface area contributed by atoms with Crippen molar-refractivity contribution in [2.24, 2.45) is 5.92 Å². The SMILES string of the molecule is CC(C)CS(=O)(=O)NC(C)CC#N. The molecule has 0 amide bonds. The lowest BCUT2D eigenvalue weighted by Gasteiger charge is -2.12. The van der Waals surface area contributed by atoms with Crippen LogP contribution >= 0.6 is 0 Å². The highest BCUT2D eigenvalue weighted by molar-refractivity contribution is 7.89. The Kier molecular flexibility index (Phi) is 4.96. The lowest BCUT2D eigenvalue weighted by atomic mass is 10.3. The summed E-state index contributed by atoms with van der Waals surface area (Å²) in [6.07, 6.45) is 0.206. The zero-order valence-corrected chi connectivity index (χ0v) is 9.06. The van der Waals surface area contributed by atoms with E-state index in [1.54, 1.807) is 6.92 Å². The topological polar surface area (TPSA) is 70.0 Å². The lowest BCUT2D eigenvalue weighted by Crippen LogP contribution is -2.35. The Balaban J connectivity index is 4.12. The Hall–Kier alpha value is -0.600. The van der Waals surface area contributed by atoms with E-state index in [0.717, 1.165) is 0 Å². The van der Waals surface area contributed by atoms with Crippen LogP contribution < -0.4 is 4.72 Å². The number of hydrogen-bond donors (Lipinski definition) is 1. The molecular formula is C8H16N2O2S. The van der Waals surface area contributed by atoms with Crippen LogP contribution in [0.3, 0.4) is 0 Å². The monoisotopic (exact) mass is 204 g/mol. The van der Waals surface area contributed by atoms with E-state index >= 15 is 0 Å². The van der Waals surface area contributed by atoms with Gasteiger partial charge in [-0.15, -0.1) is 0 Å². The number of sulfonamides is 1. The maximum Gasteiger partial charge on any atom is 0.212 e. The van der Waals surface area contributed by atoms with Crippen LogP contribution in [0.1, 0.15) is 27.2 Å². The number of nitrogens with one attached hydrogen (secondary N) is 1. The number of nitriles is 1. The van der Waals surface area contributed by atoms with Crippen molar-refractivity contribution in [1.29, 1.82) is 5.26 Å². The molecule has 0 aliphatic rings. The minimum absolute atomic E-state index is 0.104. The molecule has 13 heavy (non-hydrogen) atoms. The van der Waals surface area contributed by atoms with Gasteiger partial charge in [-0.05, 0) is 12.8 Å². The summed E-state index contributed by atoms with van der Waals surface area (Å²) in [4.78, 5) is 0. The Labute approximate surface area is 80.0 Å². The average Bonchev–Trinajstić information content (AvgIpc) is 1.81. The Bertz CT molecular complexity index is 277. The largest absolute Gasteiger partial charge is 0.212 e. The van der Waals surface area contributed by atoms with E-state index in [-0.39, 0.29) is 24.1 Å². The van der Waals surface area contributed by atoms with Crippen molar-refractivity contribution in [2.45, 2.75) is 33.2 Å². The highest BCUT2D eigenvalue weighted by Gasteiger charge is 2.15. The second kappa shape index (κ2) is 5.20. The van der Waals surface area contributed by atoms with Gasteiger partial charge in [0, 0.05) is 6.04 Å². The van der Waals surface area contributed by atoms with Gasteiger partial charge in [0.1, 0.15) is 0 Å². The van der Waals surface area contributed by atoms with Crippen LogP contribution in [0.2, 0.25) is 0 Å². The summed E-state index contributed by atoms with van der Waals surface area (Å²) in [7, 11) is -3.20. The summed E-state index contributed by atoms with van der Waals surface area (Å²) in [6.45, 7) is 5.36. The van der Waals surface area contributed by atoms with Crippen LogP contribution in [0.25, 0.3) is 0 Å².